The number of amidine groups is 1. The van der Waals surface area contributed by atoms with Crippen LogP contribution in [0.5, 0.6) is 0 Å². The minimum atomic E-state index is -3.61. The monoisotopic (exact) mass is 492 g/mol. The van der Waals surface area contributed by atoms with E-state index in [9.17, 15) is 8.42 Å². The van der Waals surface area contributed by atoms with Crippen LogP contribution >= 0.6 is 22.9 Å². The highest BCUT2D eigenvalue weighted by Crippen LogP contribution is 2.46. The van der Waals surface area contributed by atoms with Gasteiger partial charge in [-0.3, -0.25) is 5.41 Å². The van der Waals surface area contributed by atoms with E-state index in [-0.39, 0.29) is 11.6 Å². The molecule has 0 unspecified atom stereocenters. The second-order valence-electron chi connectivity index (χ2n) is 8.31. The first-order valence-corrected chi connectivity index (χ1v) is 12.9. The van der Waals surface area contributed by atoms with E-state index in [1.54, 1.807) is 6.92 Å². The van der Waals surface area contributed by atoms with Gasteiger partial charge < -0.3 is 14.5 Å². The number of hydrogen-bond acceptors (Lipinski definition) is 8. The molecule has 2 saturated heterocycles. The molecule has 4 heterocycles. The molecule has 2 aliphatic rings. The van der Waals surface area contributed by atoms with Crippen molar-refractivity contribution in [3.05, 3.63) is 46.6 Å². The van der Waals surface area contributed by atoms with E-state index in [0.717, 1.165) is 16.0 Å². The van der Waals surface area contributed by atoms with Crippen LogP contribution in [0.2, 0.25) is 5.02 Å². The Morgan fingerprint density at radius 3 is 2.66 bits per heavy atom. The summed E-state index contributed by atoms with van der Waals surface area (Å²) in [6.07, 6.45) is 1.87. The third-order valence-corrected chi connectivity index (χ3v) is 10.8. The fraction of sp³-hybridized carbons (Fsp3) is 0.381. The van der Waals surface area contributed by atoms with Crippen LogP contribution in [0.25, 0.3) is 21.9 Å². The number of aromatic nitrogens is 2. The maximum atomic E-state index is 13.4. The summed E-state index contributed by atoms with van der Waals surface area (Å²) < 4.78 is 36.3. The van der Waals surface area contributed by atoms with Crippen LogP contribution in [-0.2, 0) is 20.1 Å². The third kappa shape index (κ3) is 3.37. The Labute approximate surface area is 194 Å². The second kappa shape index (κ2) is 7.65. The van der Waals surface area contributed by atoms with Crippen LogP contribution in [-0.4, -0.2) is 48.2 Å². The summed E-state index contributed by atoms with van der Waals surface area (Å²) in [6.45, 7) is 2.46. The van der Waals surface area contributed by atoms with Gasteiger partial charge >= 0.3 is 0 Å². The van der Waals surface area contributed by atoms with E-state index in [1.165, 1.54) is 17.7 Å². The van der Waals surface area contributed by atoms with E-state index in [1.807, 2.05) is 30.3 Å². The molecule has 0 amide bonds. The van der Waals surface area contributed by atoms with Gasteiger partial charge in [0.05, 0.1) is 16.3 Å². The van der Waals surface area contributed by atoms with Gasteiger partial charge in [0.15, 0.2) is 9.84 Å². The van der Waals surface area contributed by atoms with Gasteiger partial charge in [-0.1, -0.05) is 23.7 Å². The summed E-state index contributed by atoms with van der Waals surface area (Å²) in [4.78, 5) is 1.57. The van der Waals surface area contributed by atoms with Crippen molar-refractivity contribution in [1.29, 1.82) is 5.41 Å². The number of nitrogens with zero attached hydrogens (tertiary/aromatic N) is 2. The highest BCUT2D eigenvalue weighted by atomic mass is 35.5. The summed E-state index contributed by atoms with van der Waals surface area (Å²) in [5, 5.41) is 20.0. The molecule has 2 aromatic heterocycles. The minimum Gasteiger partial charge on any atom is -0.423 e. The molecular formula is C21H21ClN4O4S2. The van der Waals surface area contributed by atoms with Crippen LogP contribution in [0.3, 0.4) is 0 Å². The molecule has 168 valence electrons. The lowest BCUT2D eigenvalue weighted by Crippen LogP contribution is -2.67. The summed E-state index contributed by atoms with van der Waals surface area (Å²) in [5.74, 6) is 0.306. The van der Waals surface area contributed by atoms with Crippen molar-refractivity contribution in [2.75, 3.05) is 19.0 Å². The summed E-state index contributed by atoms with van der Waals surface area (Å²) in [5.41, 5.74) is 0.680. The molecule has 11 heteroatoms. The van der Waals surface area contributed by atoms with Gasteiger partial charge in [0.25, 0.3) is 0 Å². The van der Waals surface area contributed by atoms with E-state index >= 15 is 0 Å². The van der Waals surface area contributed by atoms with Gasteiger partial charge in [0.1, 0.15) is 10.6 Å². The molecule has 2 fully saturated rings. The minimum absolute atomic E-state index is 0.0268. The van der Waals surface area contributed by atoms with Crippen LogP contribution in [0, 0.1) is 5.41 Å². The van der Waals surface area contributed by atoms with Gasteiger partial charge in [-0.05, 0) is 43.5 Å². The molecule has 1 spiro atoms. The van der Waals surface area contributed by atoms with Crippen molar-refractivity contribution in [1.82, 2.24) is 15.5 Å². The number of benzene rings is 1. The predicted octanol–water partition coefficient (Wildman–Crippen LogP) is 3.88. The van der Waals surface area contributed by atoms with E-state index < -0.39 is 20.1 Å². The second-order valence-corrected chi connectivity index (χ2v) is 12.1. The average Bonchev–Trinajstić information content (AvgIpc) is 3.43. The maximum absolute atomic E-state index is 13.4. The molecule has 0 bridgehead atoms. The fourth-order valence-electron chi connectivity index (χ4n) is 4.48. The lowest BCUT2D eigenvalue weighted by molar-refractivity contribution is 0.0862. The Bertz CT molecular complexity index is 1280. The van der Waals surface area contributed by atoms with Crippen LogP contribution in [0.15, 0.2) is 41.1 Å². The van der Waals surface area contributed by atoms with Gasteiger partial charge in [0.2, 0.25) is 12.3 Å². The molecule has 2 N–H and O–H groups in total. The first kappa shape index (κ1) is 21.6. The average molecular weight is 493 g/mol. The summed E-state index contributed by atoms with van der Waals surface area (Å²) in [7, 11) is -3.61. The van der Waals surface area contributed by atoms with E-state index in [0.29, 0.717) is 41.8 Å². The van der Waals surface area contributed by atoms with Crippen molar-refractivity contribution in [3.63, 3.8) is 0 Å². The molecule has 2 aliphatic heterocycles. The van der Waals surface area contributed by atoms with Crippen molar-refractivity contribution in [2.24, 2.45) is 0 Å². The molecule has 0 saturated carbocycles. The van der Waals surface area contributed by atoms with E-state index in [2.05, 4.69) is 15.5 Å². The summed E-state index contributed by atoms with van der Waals surface area (Å²) in [6, 6.07) is 9.46. The molecule has 32 heavy (non-hydrogen) atoms. The molecule has 3 aromatic rings. The lowest BCUT2D eigenvalue weighted by atomic mass is 9.93. The van der Waals surface area contributed by atoms with Crippen LogP contribution < -0.4 is 5.32 Å². The lowest BCUT2D eigenvalue weighted by Gasteiger charge is -2.47. The molecule has 0 aliphatic carbocycles. The molecule has 1 aromatic carbocycles. The van der Waals surface area contributed by atoms with Crippen molar-refractivity contribution in [2.45, 2.75) is 30.1 Å². The number of rotatable bonds is 3. The number of ether oxygens (including phenoxy) is 1. The van der Waals surface area contributed by atoms with Gasteiger partial charge in [-0.15, -0.1) is 21.5 Å². The number of thiophene rings is 1. The number of nitrogens with one attached hydrogen (secondary N) is 2. The van der Waals surface area contributed by atoms with Gasteiger partial charge in [0, 0.05) is 28.5 Å². The van der Waals surface area contributed by atoms with Crippen LogP contribution in [0.1, 0.15) is 24.6 Å². The molecular weight excluding hydrogens is 472 g/mol. The zero-order valence-corrected chi connectivity index (χ0v) is 19.6. The molecule has 8 nitrogen and oxygen atoms in total. The highest BCUT2D eigenvalue weighted by Gasteiger charge is 2.57. The Morgan fingerprint density at radius 1 is 1.22 bits per heavy atom. The Balaban J connectivity index is 1.51. The smallest absolute Gasteiger partial charge is 0.247 e. The maximum Gasteiger partial charge on any atom is 0.247 e. The van der Waals surface area contributed by atoms with Gasteiger partial charge in [-0.25, -0.2) is 8.42 Å². The number of halogens is 1. The zero-order valence-electron chi connectivity index (χ0n) is 17.2. The van der Waals surface area contributed by atoms with Crippen molar-refractivity contribution < 1.29 is 17.6 Å². The Kier molecular flexibility index (Phi) is 5.16. The van der Waals surface area contributed by atoms with Gasteiger partial charge in [-0.2, -0.15) is 0 Å². The van der Waals surface area contributed by atoms with Crippen molar-refractivity contribution >= 4 is 38.6 Å². The fourth-order valence-corrected chi connectivity index (χ4v) is 8.62. The topological polar surface area (TPSA) is 118 Å². The SMILES string of the molecule is C[C@@]1(c2sc(-c3cccc(-c4nnco4)c3)cc2Cl)CS(=O)(=O)C2(CCOCC2)C(=N)N1. The Hall–Kier alpha value is -2.27. The largest absolute Gasteiger partial charge is 0.423 e. The number of hydrogen-bond donors (Lipinski definition) is 2. The molecule has 5 rings (SSSR count). The standard InChI is InChI=1S/C21H21ClN4O4S2/c1-20(11-32(27,28)21(19(23)25-20)5-7-29-8-6-21)17-15(22)10-16(31-17)13-3-2-4-14(9-13)18-26-24-12-30-18/h2-4,9-10,12H,5-8,11H2,1H3,(H2,23,25)/t20-/m0/s1. The first-order valence-electron chi connectivity index (χ1n) is 10.1. The number of sulfone groups is 1. The third-order valence-electron chi connectivity index (χ3n) is 6.17. The van der Waals surface area contributed by atoms with Crippen LogP contribution in [0.4, 0.5) is 0 Å². The normalized spacial score (nSPS) is 24.4. The summed E-state index contributed by atoms with van der Waals surface area (Å²) >= 11 is 8.03. The molecule has 1 atom stereocenters. The van der Waals surface area contributed by atoms with E-state index in [4.69, 9.17) is 26.2 Å². The van der Waals surface area contributed by atoms with Crippen molar-refractivity contribution in [3.8, 4) is 21.9 Å². The predicted molar refractivity (Wildman–Crippen MR) is 123 cm³/mol. The quantitative estimate of drug-likeness (QED) is 0.569. The molecule has 0 radical (unpaired) electrons. The zero-order chi connectivity index (χ0) is 22.6. The first-order chi connectivity index (χ1) is 15.2. The Morgan fingerprint density at radius 2 is 1.97 bits per heavy atom. The highest BCUT2D eigenvalue weighted by molar-refractivity contribution is 7.93.